The smallest absolute Gasteiger partial charge is 0.289 e. The molecule has 2 fully saturated rings. The molecular weight excluding hydrogens is 270 g/mol. The van der Waals surface area contributed by atoms with Gasteiger partial charge in [-0.05, 0) is 38.3 Å². The second-order valence-electron chi connectivity index (χ2n) is 5.87. The molecule has 0 bridgehead atoms. The van der Waals surface area contributed by atoms with Gasteiger partial charge in [0.15, 0.2) is 5.76 Å². The van der Waals surface area contributed by atoms with Crippen molar-refractivity contribution in [3.8, 4) is 0 Å². The van der Waals surface area contributed by atoms with E-state index in [9.17, 15) is 4.79 Å². The Morgan fingerprint density at radius 2 is 2.29 bits per heavy atom. The summed E-state index contributed by atoms with van der Waals surface area (Å²) in [6.07, 6.45) is 5.52. The molecule has 1 atom stereocenters. The van der Waals surface area contributed by atoms with E-state index >= 15 is 0 Å². The highest BCUT2D eigenvalue weighted by atomic mass is 16.5. The Balaban J connectivity index is 1.58. The molecule has 2 saturated heterocycles. The Kier molecular flexibility index (Phi) is 4.31. The van der Waals surface area contributed by atoms with Gasteiger partial charge in [-0.1, -0.05) is 0 Å². The quantitative estimate of drug-likeness (QED) is 0.859. The van der Waals surface area contributed by atoms with E-state index < -0.39 is 0 Å². The van der Waals surface area contributed by atoms with E-state index in [0.717, 1.165) is 52.0 Å². The van der Waals surface area contributed by atoms with E-state index in [0.29, 0.717) is 11.9 Å². The molecule has 0 saturated carbocycles. The van der Waals surface area contributed by atoms with Crippen molar-refractivity contribution >= 4 is 5.91 Å². The number of carbonyl (C=O) groups excluding carboxylic acids is 1. The minimum absolute atomic E-state index is 0.0213. The van der Waals surface area contributed by atoms with Gasteiger partial charge < -0.3 is 18.8 Å². The van der Waals surface area contributed by atoms with Crippen molar-refractivity contribution in [3.05, 3.63) is 24.2 Å². The number of likely N-dealkylation sites (tertiary alicyclic amines) is 1. The molecule has 1 spiro atoms. The van der Waals surface area contributed by atoms with E-state index in [-0.39, 0.29) is 11.5 Å². The summed E-state index contributed by atoms with van der Waals surface area (Å²) in [6, 6.07) is 3.46. The van der Waals surface area contributed by atoms with Crippen LogP contribution in [0.25, 0.3) is 0 Å². The molecule has 0 radical (unpaired) electrons. The highest BCUT2D eigenvalue weighted by Crippen LogP contribution is 2.36. The second kappa shape index (κ2) is 6.20. The van der Waals surface area contributed by atoms with Crippen LogP contribution in [0.5, 0.6) is 0 Å². The fourth-order valence-electron chi connectivity index (χ4n) is 3.38. The Labute approximate surface area is 125 Å². The summed E-state index contributed by atoms with van der Waals surface area (Å²) in [5.74, 6) is 0.398. The fourth-order valence-corrected chi connectivity index (χ4v) is 3.38. The maximum absolute atomic E-state index is 12.3. The SMILES string of the molecule is CCOC1CCOC2(CCN(C(=O)c3ccco3)CC2)C1. The molecule has 21 heavy (non-hydrogen) atoms. The van der Waals surface area contributed by atoms with Crippen LogP contribution in [0.2, 0.25) is 0 Å². The summed E-state index contributed by atoms with van der Waals surface area (Å²) in [5, 5.41) is 0. The maximum atomic E-state index is 12.3. The molecular formula is C16H23NO4. The van der Waals surface area contributed by atoms with E-state index in [1.54, 1.807) is 12.1 Å². The van der Waals surface area contributed by atoms with Gasteiger partial charge in [0.1, 0.15) is 0 Å². The topological polar surface area (TPSA) is 51.9 Å². The molecule has 1 unspecified atom stereocenters. The summed E-state index contributed by atoms with van der Waals surface area (Å²) < 4.78 is 17.0. The molecule has 1 amide bonds. The molecule has 3 heterocycles. The molecule has 2 aliphatic heterocycles. The van der Waals surface area contributed by atoms with Crippen LogP contribution in [-0.2, 0) is 9.47 Å². The summed E-state index contributed by atoms with van der Waals surface area (Å²) in [5.41, 5.74) is -0.0992. The molecule has 0 aromatic carbocycles. The van der Waals surface area contributed by atoms with E-state index in [4.69, 9.17) is 13.9 Å². The Bertz CT molecular complexity index is 461. The summed E-state index contributed by atoms with van der Waals surface area (Å²) in [4.78, 5) is 14.1. The van der Waals surface area contributed by atoms with Gasteiger partial charge in [-0.15, -0.1) is 0 Å². The summed E-state index contributed by atoms with van der Waals surface area (Å²) in [7, 11) is 0. The van der Waals surface area contributed by atoms with E-state index in [2.05, 4.69) is 0 Å². The Morgan fingerprint density at radius 3 is 2.95 bits per heavy atom. The average molecular weight is 293 g/mol. The van der Waals surface area contributed by atoms with Gasteiger partial charge in [-0.3, -0.25) is 4.79 Å². The highest BCUT2D eigenvalue weighted by molar-refractivity contribution is 5.91. The van der Waals surface area contributed by atoms with E-state index in [1.165, 1.54) is 6.26 Å². The molecule has 2 aliphatic rings. The third-order valence-electron chi connectivity index (χ3n) is 4.54. The number of nitrogens with zero attached hydrogens (tertiary/aromatic N) is 1. The second-order valence-corrected chi connectivity index (χ2v) is 5.87. The Morgan fingerprint density at radius 1 is 1.48 bits per heavy atom. The third kappa shape index (κ3) is 3.14. The molecule has 0 aliphatic carbocycles. The average Bonchev–Trinajstić information content (AvgIpc) is 3.02. The molecule has 5 nitrogen and oxygen atoms in total. The van der Waals surface area contributed by atoms with Gasteiger partial charge in [-0.2, -0.15) is 0 Å². The van der Waals surface area contributed by atoms with E-state index in [1.807, 2.05) is 11.8 Å². The number of ether oxygens (including phenoxy) is 2. The van der Waals surface area contributed by atoms with Gasteiger partial charge >= 0.3 is 0 Å². The minimum atomic E-state index is -0.0992. The first kappa shape index (κ1) is 14.6. The lowest BCUT2D eigenvalue weighted by atomic mass is 9.83. The van der Waals surface area contributed by atoms with Crippen LogP contribution in [0, 0.1) is 0 Å². The Hall–Kier alpha value is -1.33. The molecule has 0 N–H and O–H groups in total. The number of hydrogen-bond donors (Lipinski definition) is 0. The third-order valence-corrected chi connectivity index (χ3v) is 4.54. The van der Waals surface area contributed by atoms with Gasteiger partial charge in [0, 0.05) is 32.7 Å². The fraction of sp³-hybridized carbons (Fsp3) is 0.688. The van der Waals surface area contributed by atoms with Crippen LogP contribution >= 0.6 is 0 Å². The molecule has 3 rings (SSSR count). The summed E-state index contributed by atoms with van der Waals surface area (Å²) in [6.45, 7) is 4.99. The van der Waals surface area contributed by atoms with Crippen molar-refractivity contribution in [2.45, 2.75) is 44.3 Å². The van der Waals surface area contributed by atoms with Gasteiger partial charge in [-0.25, -0.2) is 0 Å². The number of furan rings is 1. The lowest BCUT2D eigenvalue weighted by molar-refractivity contribution is -0.151. The van der Waals surface area contributed by atoms with Gasteiger partial charge in [0.2, 0.25) is 0 Å². The first-order valence-corrected chi connectivity index (χ1v) is 7.81. The number of amides is 1. The van der Waals surface area contributed by atoms with Crippen molar-refractivity contribution in [1.29, 1.82) is 0 Å². The zero-order valence-corrected chi connectivity index (χ0v) is 12.5. The predicted octanol–water partition coefficient (Wildman–Crippen LogP) is 2.47. The van der Waals surface area contributed by atoms with Gasteiger partial charge in [0.05, 0.1) is 18.0 Å². The lowest BCUT2D eigenvalue weighted by Gasteiger charge is -2.45. The van der Waals surface area contributed by atoms with Crippen molar-refractivity contribution in [1.82, 2.24) is 4.90 Å². The number of carbonyl (C=O) groups is 1. The largest absolute Gasteiger partial charge is 0.459 e. The van der Waals surface area contributed by atoms with Crippen LogP contribution in [0.1, 0.15) is 43.2 Å². The monoisotopic (exact) mass is 293 g/mol. The van der Waals surface area contributed by atoms with Crippen molar-refractivity contribution < 1.29 is 18.7 Å². The van der Waals surface area contributed by atoms with Crippen LogP contribution in [0.3, 0.4) is 0 Å². The first-order valence-electron chi connectivity index (χ1n) is 7.81. The molecule has 1 aromatic heterocycles. The zero-order valence-electron chi connectivity index (χ0n) is 12.5. The highest BCUT2D eigenvalue weighted by Gasteiger charge is 2.41. The molecule has 1 aromatic rings. The zero-order chi connectivity index (χ0) is 14.7. The van der Waals surface area contributed by atoms with Crippen molar-refractivity contribution in [2.75, 3.05) is 26.3 Å². The van der Waals surface area contributed by atoms with Crippen molar-refractivity contribution in [2.24, 2.45) is 0 Å². The standard InChI is InChI=1S/C16H23NO4/c1-2-19-13-5-11-21-16(12-13)6-8-17(9-7-16)15(18)14-4-3-10-20-14/h3-4,10,13H,2,5-9,11-12H2,1H3. The minimum Gasteiger partial charge on any atom is -0.459 e. The lowest BCUT2D eigenvalue weighted by Crippen LogP contribution is -2.52. The normalized spacial score (nSPS) is 25.2. The van der Waals surface area contributed by atoms with Crippen LogP contribution in [-0.4, -0.2) is 48.8 Å². The first-order chi connectivity index (χ1) is 10.2. The van der Waals surface area contributed by atoms with Crippen LogP contribution in [0.4, 0.5) is 0 Å². The number of piperidine rings is 1. The van der Waals surface area contributed by atoms with Gasteiger partial charge in [0.25, 0.3) is 5.91 Å². The maximum Gasteiger partial charge on any atom is 0.289 e. The molecule has 5 heteroatoms. The number of rotatable bonds is 3. The molecule has 116 valence electrons. The van der Waals surface area contributed by atoms with Crippen LogP contribution < -0.4 is 0 Å². The predicted molar refractivity (Wildman–Crippen MR) is 77.2 cm³/mol. The summed E-state index contributed by atoms with van der Waals surface area (Å²) >= 11 is 0. The van der Waals surface area contributed by atoms with Crippen molar-refractivity contribution in [3.63, 3.8) is 0 Å². The van der Waals surface area contributed by atoms with Crippen LogP contribution in [0.15, 0.2) is 22.8 Å². The number of hydrogen-bond acceptors (Lipinski definition) is 4.